The third-order valence-electron chi connectivity index (χ3n) is 4.11. The molecule has 0 amide bonds. The zero-order valence-electron chi connectivity index (χ0n) is 10.7. The maximum absolute atomic E-state index is 6.21. The van der Waals surface area contributed by atoms with E-state index >= 15 is 0 Å². The van der Waals surface area contributed by atoms with Gasteiger partial charge in [-0.2, -0.15) is 0 Å². The van der Waals surface area contributed by atoms with Crippen LogP contribution in [0.3, 0.4) is 0 Å². The van der Waals surface area contributed by atoms with Crippen molar-refractivity contribution in [2.45, 2.75) is 31.7 Å². The van der Waals surface area contributed by atoms with Crippen LogP contribution < -0.4 is 10.6 Å². The molecule has 1 aliphatic heterocycles. The highest BCUT2D eigenvalue weighted by molar-refractivity contribution is 6.30. The molecule has 1 saturated heterocycles. The van der Waals surface area contributed by atoms with Gasteiger partial charge in [0.25, 0.3) is 0 Å². The van der Waals surface area contributed by atoms with Gasteiger partial charge in [-0.25, -0.2) is 0 Å². The van der Waals surface area contributed by atoms with E-state index in [1.807, 2.05) is 18.2 Å². The Morgan fingerprint density at radius 2 is 2.06 bits per heavy atom. The first-order valence-corrected chi connectivity index (χ1v) is 7.34. The van der Waals surface area contributed by atoms with Gasteiger partial charge in [0.2, 0.25) is 0 Å². The Balaban J connectivity index is 1.70. The van der Waals surface area contributed by atoms with Crippen LogP contribution in [0, 0.1) is 11.8 Å². The molecule has 1 aliphatic carbocycles. The lowest BCUT2D eigenvalue weighted by Gasteiger charge is -2.38. The van der Waals surface area contributed by atoms with E-state index in [4.69, 9.17) is 17.3 Å². The van der Waals surface area contributed by atoms with Crippen LogP contribution in [0.15, 0.2) is 24.3 Å². The Morgan fingerprint density at radius 1 is 1.22 bits per heavy atom. The van der Waals surface area contributed by atoms with E-state index in [0.29, 0.717) is 6.04 Å². The van der Waals surface area contributed by atoms with Gasteiger partial charge < -0.3 is 10.6 Å². The van der Waals surface area contributed by atoms with Crippen LogP contribution in [0.1, 0.15) is 25.7 Å². The quantitative estimate of drug-likeness (QED) is 0.908. The Bertz CT molecular complexity index is 415. The highest BCUT2D eigenvalue weighted by atomic mass is 35.5. The van der Waals surface area contributed by atoms with Gasteiger partial charge in [0.15, 0.2) is 0 Å². The van der Waals surface area contributed by atoms with Crippen molar-refractivity contribution in [3.63, 3.8) is 0 Å². The number of halogens is 1. The lowest BCUT2D eigenvalue weighted by molar-refractivity contribution is 0.344. The van der Waals surface area contributed by atoms with Gasteiger partial charge in [-0.1, -0.05) is 30.5 Å². The number of nitrogens with two attached hydrogens (primary N) is 1. The number of benzene rings is 1. The van der Waals surface area contributed by atoms with Crippen LogP contribution in [0.25, 0.3) is 0 Å². The molecule has 98 valence electrons. The van der Waals surface area contributed by atoms with E-state index < -0.39 is 0 Å². The minimum absolute atomic E-state index is 0.307. The molecule has 2 fully saturated rings. The van der Waals surface area contributed by atoms with Crippen molar-refractivity contribution in [3.05, 3.63) is 29.3 Å². The van der Waals surface area contributed by atoms with Gasteiger partial charge in [-0.15, -0.1) is 0 Å². The Morgan fingerprint density at radius 3 is 2.78 bits per heavy atom. The zero-order valence-corrected chi connectivity index (χ0v) is 11.4. The summed E-state index contributed by atoms with van der Waals surface area (Å²) in [5, 5.41) is 0.811. The second-order valence-corrected chi connectivity index (χ2v) is 6.36. The number of anilines is 1. The second-order valence-electron chi connectivity index (χ2n) is 5.93. The van der Waals surface area contributed by atoms with Crippen LogP contribution in [0.5, 0.6) is 0 Å². The fourth-order valence-corrected chi connectivity index (χ4v) is 3.31. The SMILES string of the molecule is NC1CC(CC2CC2)CN(c2cccc(Cl)c2)C1. The molecule has 3 rings (SSSR count). The molecule has 0 aromatic heterocycles. The fraction of sp³-hybridized carbons (Fsp3) is 0.600. The molecule has 0 spiro atoms. The lowest BCUT2D eigenvalue weighted by atomic mass is 9.90. The molecule has 2 nitrogen and oxygen atoms in total. The second kappa shape index (κ2) is 5.10. The van der Waals surface area contributed by atoms with Gasteiger partial charge in [0, 0.05) is 29.8 Å². The maximum Gasteiger partial charge on any atom is 0.0426 e. The summed E-state index contributed by atoms with van der Waals surface area (Å²) in [6.45, 7) is 2.10. The van der Waals surface area contributed by atoms with E-state index in [1.165, 1.54) is 31.4 Å². The summed E-state index contributed by atoms with van der Waals surface area (Å²) in [5.41, 5.74) is 7.43. The van der Waals surface area contributed by atoms with Gasteiger partial charge in [-0.05, 0) is 42.9 Å². The molecule has 1 aromatic carbocycles. The van der Waals surface area contributed by atoms with E-state index in [-0.39, 0.29) is 0 Å². The van der Waals surface area contributed by atoms with Crippen molar-refractivity contribution in [3.8, 4) is 0 Å². The molecular formula is C15H21ClN2. The van der Waals surface area contributed by atoms with Crippen molar-refractivity contribution in [2.24, 2.45) is 17.6 Å². The number of piperidine rings is 1. The highest BCUT2D eigenvalue weighted by Crippen LogP contribution is 2.38. The third-order valence-corrected chi connectivity index (χ3v) is 4.34. The zero-order chi connectivity index (χ0) is 12.5. The predicted molar refractivity (Wildman–Crippen MR) is 77.1 cm³/mol. The van der Waals surface area contributed by atoms with Crippen LogP contribution in [-0.4, -0.2) is 19.1 Å². The molecule has 1 heterocycles. The molecule has 1 aromatic rings. The van der Waals surface area contributed by atoms with Crippen LogP contribution in [0.2, 0.25) is 5.02 Å². The topological polar surface area (TPSA) is 29.3 Å². The predicted octanol–water partition coefficient (Wildman–Crippen LogP) is 3.29. The fourth-order valence-electron chi connectivity index (χ4n) is 3.13. The number of hydrogen-bond donors (Lipinski definition) is 1. The smallest absolute Gasteiger partial charge is 0.0426 e. The molecule has 18 heavy (non-hydrogen) atoms. The van der Waals surface area contributed by atoms with E-state index in [1.54, 1.807) is 0 Å². The van der Waals surface area contributed by atoms with E-state index in [2.05, 4.69) is 11.0 Å². The minimum atomic E-state index is 0.307. The van der Waals surface area contributed by atoms with Gasteiger partial charge in [0.1, 0.15) is 0 Å². The summed E-state index contributed by atoms with van der Waals surface area (Å²) >= 11 is 6.07. The van der Waals surface area contributed by atoms with Crippen molar-refractivity contribution >= 4 is 17.3 Å². The number of hydrogen-bond acceptors (Lipinski definition) is 2. The Hall–Kier alpha value is -0.730. The van der Waals surface area contributed by atoms with Gasteiger partial charge in [0.05, 0.1) is 0 Å². The minimum Gasteiger partial charge on any atom is -0.370 e. The van der Waals surface area contributed by atoms with Crippen LogP contribution in [0.4, 0.5) is 5.69 Å². The van der Waals surface area contributed by atoms with Crippen molar-refractivity contribution in [1.82, 2.24) is 0 Å². The summed E-state index contributed by atoms with van der Waals surface area (Å²) in [6, 6.07) is 8.44. The van der Waals surface area contributed by atoms with Crippen LogP contribution >= 0.6 is 11.6 Å². The normalized spacial score (nSPS) is 28.4. The summed E-state index contributed by atoms with van der Waals surface area (Å²) < 4.78 is 0. The molecule has 0 radical (unpaired) electrons. The standard InChI is InChI=1S/C15H21ClN2/c16-13-2-1-3-15(8-13)18-9-12(6-11-4-5-11)7-14(17)10-18/h1-3,8,11-12,14H,4-7,9-10,17H2. The molecule has 2 atom stereocenters. The average molecular weight is 265 g/mol. The highest BCUT2D eigenvalue weighted by Gasteiger charge is 2.31. The Labute approximate surface area is 114 Å². The summed E-state index contributed by atoms with van der Waals surface area (Å²) in [7, 11) is 0. The molecule has 0 bridgehead atoms. The first kappa shape index (κ1) is 12.3. The largest absolute Gasteiger partial charge is 0.370 e. The van der Waals surface area contributed by atoms with Gasteiger partial charge >= 0.3 is 0 Å². The summed E-state index contributed by atoms with van der Waals surface area (Å²) in [5.74, 6) is 1.75. The first-order valence-electron chi connectivity index (χ1n) is 6.97. The van der Waals surface area contributed by atoms with Crippen molar-refractivity contribution in [1.29, 1.82) is 0 Å². The first-order chi connectivity index (χ1) is 8.70. The van der Waals surface area contributed by atoms with E-state index in [0.717, 1.165) is 29.9 Å². The Kier molecular flexibility index (Phi) is 3.49. The molecule has 2 aliphatic rings. The molecule has 2 N–H and O–H groups in total. The summed E-state index contributed by atoms with van der Waals surface area (Å²) in [4.78, 5) is 2.41. The molecule has 3 heteroatoms. The molecule has 2 unspecified atom stereocenters. The molecular weight excluding hydrogens is 244 g/mol. The number of rotatable bonds is 3. The molecule has 1 saturated carbocycles. The number of nitrogens with zero attached hydrogens (tertiary/aromatic N) is 1. The van der Waals surface area contributed by atoms with Crippen molar-refractivity contribution < 1.29 is 0 Å². The maximum atomic E-state index is 6.21. The summed E-state index contributed by atoms with van der Waals surface area (Å²) in [6.07, 6.45) is 5.42. The van der Waals surface area contributed by atoms with Crippen LogP contribution in [-0.2, 0) is 0 Å². The average Bonchev–Trinajstić information content (AvgIpc) is 3.12. The monoisotopic (exact) mass is 264 g/mol. The third kappa shape index (κ3) is 2.99. The van der Waals surface area contributed by atoms with Gasteiger partial charge in [-0.3, -0.25) is 0 Å². The lowest BCUT2D eigenvalue weighted by Crippen LogP contribution is -2.47. The van der Waals surface area contributed by atoms with Crippen molar-refractivity contribution in [2.75, 3.05) is 18.0 Å². The van der Waals surface area contributed by atoms with E-state index in [9.17, 15) is 0 Å².